The Morgan fingerprint density at radius 1 is 0.477 bits per heavy atom. The molecule has 10 nitrogen and oxygen atoms in total. The molecule has 1 atom stereocenters. The van der Waals surface area contributed by atoms with E-state index in [1.165, 1.54) is 18.2 Å². The fourth-order valence-corrected chi connectivity index (χ4v) is 6.91. The number of carbonyl (C=O) groups excluding carboxylic acids is 3. The molecule has 0 aliphatic rings. The molecule has 0 fully saturated rings. The van der Waals surface area contributed by atoms with Gasteiger partial charge in [-0.2, -0.15) is 0 Å². The molecule has 0 heterocycles. The first-order valence-electron chi connectivity index (χ1n) is 21.3. The van der Waals surface area contributed by atoms with Crippen molar-refractivity contribution >= 4 is 17.7 Å². The number of aryl methyl sites for hydroxylation is 1. The molecule has 0 amide bonds. The van der Waals surface area contributed by atoms with Crippen LogP contribution in [-0.2, 0) is 47.1 Å². The summed E-state index contributed by atoms with van der Waals surface area (Å²) in [4.78, 5) is 43.7. The molecule has 0 aromatic heterocycles. The van der Waals surface area contributed by atoms with Gasteiger partial charge in [0.25, 0.3) is 0 Å². The van der Waals surface area contributed by atoms with Gasteiger partial charge in [0.15, 0.2) is 6.79 Å². The number of methoxy groups -OCH3 is 1. The van der Waals surface area contributed by atoms with Gasteiger partial charge >= 0.3 is 11.9 Å². The Bertz CT molecular complexity index is 2550. The van der Waals surface area contributed by atoms with Crippen LogP contribution in [0.4, 0.5) is 0 Å². The molecule has 7 rings (SSSR count). The molecule has 0 saturated carbocycles. The number of ketones is 1. The summed E-state index contributed by atoms with van der Waals surface area (Å²) in [6.45, 7) is 2.15. The van der Waals surface area contributed by atoms with Crippen molar-refractivity contribution in [3.8, 4) is 23.0 Å². The van der Waals surface area contributed by atoms with Crippen LogP contribution in [0, 0.1) is 0 Å². The maximum Gasteiger partial charge on any atom is 0.339 e. The minimum absolute atomic E-state index is 0.0195. The Morgan fingerprint density at radius 2 is 0.969 bits per heavy atom. The summed E-state index contributed by atoms with van der Waals surface area (Å²) < 4.78 is 41.6. The molecule has 0 aliphatic heterocycles. The van der Waals surface area contributed by atoms with Crippen molar-refractivity contribution in [1.29, 1.82) is 0 Å². The number of hydrogen-bond acceptors (Lipinski definition) is 10. The van der Waals surface area contributed by atoms with Gasteiger partial charge in [-0.3, -0.25) is 4.79 Å². The highest BCUT2D eigenvalue weighted by atomic mass is 16.7. The zero-order valence-electron chi connectivity index (χ0n) is 36.4. The third-order valence-corrected chi connectivity index (χ3v) is 10.3. The van der Waals surface area contributed by atoms with Crippen LogP contribution in [0.2, 0.25) is 0 Å². The van der Waals surface area contributed by atoms with Gasteiger partial charge in [0.05, 0.1) is 22.8 Å². The van der Waals surface area contributed by atoms with Crippen LogP contribution < -0.4 is 18.9 Å². The summed E-state index contributed by atoms with van der Waals surface area (Å²) in [5, 5.41) is 0. The molecule has 7 aromatic rings. The standard InChI is InChI=1S/C55H50O10/c1-39(26-27-40-28-30-46(31-29-40)64-38-59-2)65-54(57)45-32-49(61-35-42-18-9-4-10-19-42)52(50(33-45)62-36-43-20-11-5-12-21-43)53(56)51-47(55(58)63-37-44-22-13-6-14-23-44)24-15-25-48(51)60-34-41-16-7-3-8-17-41/h3-25,28-33,39H,26-27,34-38H2,1-2H3. The van der Waals surface area contributed by atoms with Crippen LogP contribution in [0.15, 0.2) is 176 Å². The molecule has 0 saturated heterocycles. The quantitative estimate of drug-likeness (QED) is 0.0370. The highest BCUT2D eigenvalue weighted by Crippen LogP contribution is 2.38. The van der Waals surface area contributed by atoms with Crippen molar-refractivity contribution in [2.45, 2.75) is 52.3 Å². The highest BCUT2D eigenvalue weighted by Gasteiger charge is 2.31. The number of esters is 2. The average molecular weight is 871 g/mol. The molecule has 0 aliphatic carbocycles. The van der Waals surface area contributed by atoms with Crippen molar-refractivity contribution < 1.29 is 47.5 Å². The number of ether oxygens (including phenoxy) is 7. The third kappa shape index (κ3) is 12.9. The molecule has 0 N–H and O–H groups in total. The molecular formula is C55H50O10. The van der Waals surface area contributed by atoms with E-state index in [-0.39, 0.29) is 72.7 Å². The number of hydrogen-bond donors (Lipinski definition) is 0. The first-order valence-corrected chi connectivity index (χ1v) is 21.3. The summed E-state index contributed by atoms with van der Waals surface area (Å²) >= 11 is 0. The second kappa shape index (κ2) is 23.1. The van der Waals surface area contributed by atoms with E-state index in [1.54, 1.807) is 19.2 Å². The molecule has 1 unspecified atom stereocenters. The lowest BCUT2D eigenvalue weighted by atomic mass is 9.94. The van der Waals surface area contributed by atoms with Gasteiger partial charge in [-0.25, -0.2) is 9.59 Å². The summed E-state index contributed by atoms with van der Waals surface area (Å²) in [7, 11) is 1.56. The van der Waals surface area contributed by atoms with Crippen LogP contribution in [0.25, 0.3) is 0 Å². The molecule has 7 aromatic carbocycles. The van der Waals surface area contributed by atoms with E-state index >= 15 is 4.79 Å². The van der Waals surface area contributed by atoms with Crippen LogP contribution in [-0.4, -0.2) is 37.7 Å². The van der Waals surface area contributed by atoms with Gasteiger partial charge < -0.3 is 33.2 Å². The predicted molar refractivity (Wildman–Crippen MR) is 246 cm³/mol. The van der Waals surface area contributed by atoms with Gasteiger partial charge in [-0.05, 0) is 84.0 Å². The Labute approximate surface area is 379 Å². The van der Waals surface area contributed by atoms with Gasteiger partial charge in [0.1, 0.15) is 55.0 Å². The first-order chi connectivity index (χ1) is 31.8. The molecule has 65 heavy (non-hydrogen) atoms. The number of benzene rings is 7. The number of carbonyl (C=O) groups is 3. The Morgan fingerprint density at radius 3 is 1.48 bits per heavy atom. The van der Waals surface area contributed by atoms with Crippen molar-refractivity contribution in [2.75, 3.05) is 13.9 Å². The van der Waals surface area contributed by atoms with E-state index in [0.717, 1.165) is 27.8 Å². The van der Waals surface area contributed by atoms with Crippen molar-refractivity contribution in [3.63, 3.8) is 0 Å². The maximum atomic E-state index is 15.5. The minimum Gasteiger partial charge on any atom is -0.488 e. The minimum atomic E-state index is -0.731. The van der Waals surface area contributed by atoms with E-state index < -0.39 is 23.8 Å². The first kappa shape index (κ1) is 45.3. The SMILES string of the molecule is COCOc1ccc(CCC(C)OC(=O)c2cc(OCc3ccccc3)c(C(=O)c3c(OCc4ccccc4)cccc3C(=O)OCc3ccccc3)c(OCc3ccccc3)c2)cc1. The Balaban J connectivity index is 1.26. The van der Waals surface area contributed by atoms with Gasteiger partial charge in [-0.1, -0.05) is 140 Å². The fourth-order valence-electron chi connectivity index (χ4n) is 6.91. The summed E-state index contributed by atoms with van der Waals surface area (Å²) in [6.07, 6.45) is 0.706. The maximum absolute atomic E-state index is 15.5. The Kier molecular flexibility index (Phi) is 16.1. The van der Waals surface area contributed by atoms with E-state index in [2.05, 4.69) is 0 Å². The molecule has 10 heteroatoms. The number of rotatable bonds is 22. The van der Waals surface area contributed by atoms with Crippen LogP contribution in [0.3, 0.4) is 0 Å². The van der Waals surface area contributed by atoms with Gasteiger partial charge in [0.2, 0.25) is 5.78 Å². The fraction of sp³-hybridized carbons (Fsp3) is 0.182. The normalized spacial score (nSPS) is 11.2. The van der Waals surface area contributed by atoms with Crippen LogP contribution in [0.5, 0.6) is 23.0 Å². The largest absolute Gasteiger partial charge is 0.488 e. The zero-order valence-corrected chi connectivity index (χ0v) is 36.4. The van der Waals surface area contributed by atoms with Crippen LogP contribution >= 0.6 is 0 Å². The van der Waals surface area contributed by atoms with Crippen molar-refractivity contribution in [3.05, 3.63) is 226 Å². The summed E-state index contributed by atoms with van der Waals surface area (Å²) in [5.41, 5.74) is 4.31. The summed E-state index contributed by atoms with van der Waals surface area (Å²) in [5.74, 6) is -1.09. The zero-order chi connectivity index (χ0) is 45.2. The van der Waals surface area contributed by atoms with E-state index in [0.29, 0.717) is 18.6 Å². The van der Waals surface area contributed by atoms with Crippen molar-refractivity contribution in [1.82, 2.24) is 0 Å². The van der Waals surface area contributed by atoms with E-state index in [4.69, 9.17) is 33.2 Å². The second-order valence-electron chi connectivity index (χ2n) is 15.2. The van der Waals surface area contributed by atoms with E-state index in [9.17, 15) is 9.59 Å². The van der Waals surface area contributed by atoms with E-state index in [1.807, 2.05) is 153 Å². The Hall–Kier alpha value is -7.69. The summed E-state index contributed by atoms with van der Waals surface area (Å²) in [6, 6.07) is 53.1. The second-order valence-corrected chi connectivity index (χ2v) is 15.2. The molecule has 0 spiro atoms. The van der Waals surface area contributed by atoms with Gasteiger partial charge in [-0.15, -0.1) is 0 Å². The smallest absolute Gasteiger partial charge is 0.339 e. The average Bonchev–Trinajstić information content (AvgIpc) is 3.35. The topological polar surface area (TPSA) is 116 Å². The molecule has 330 valence electrons. The van der Waals surface area contributed by atoms with Gasteiger partial charge in [0, 0.05) is 7.11 Å². The van der Waals surface area contributed by atoms with Crippen LogP contribution in [0.1, 0.15) is 77.8 Å². The highest BCUT2D eigenvalue weighted by molar-refractivity contribution is 6.19. The lowest BCUT2D eigenvalue weighted by Gasteiger charge is -2.21. The van der Waals surface area contributed by atoms with Crippen molar-refractivity contribution in [2.24, 2.45) is 0 Å². The monoisotopic (exact) mass is 870 g/mol. The lowest BCUT2D eigenvalue weighted by molar-refractivity contribution is 0.0323. The molecule has 0 bridgehead atoms. The molecule has 0 radical (unpaired) electrons. The lowest BCUT2D eigenvalue weighted by Crippen LogP contribution is -2.19. The predicted octanol–water partition coefficient (Wildman–Crippen LogP) is 11.2. The third-order valence-electron chi connectivity index (χ3n) is 10.3. The molecular weight excluding hydrogens is 821 g/mol.